The largest absolute Gasteiger partial charge is 0.481 e. The number of rotatable bonds is 3. The highest BCUT2D eigenvalue weighted by atomic mass is 16.4. The van der Waals surface area contributed by atoms with Crippen molar-refractivity contribution >= 4 is 5.97 Å². The molecule has 2 aliphatic rings. The molecule has 2 saturated heterocycles. The zero-order valence-electron chi connectivity index (χ0n) is 11.0. The van der Waals surface area contributed by atoms with Gasteiger partial charge < -0.3 is 10.4 Å². The van der Waals surface area contributed by atoms with Gasteiger partial charge in [-0.3, -0.25) is 9.69 Å². The monoisotopic (exact) mass is 260 g/mol. The lowest BCUT2D eigenvalue weighted by Gasteiger charge is -2.26. The summed E-state index contributed by atoms with van der Waals surface area (Å²) in [6, 6.07) is 10.3. The van der Waals surface area contributed by atoms with Gasteiger partial charge in [0.25, 0.3) is 0 Å². The number of carboxylic acid groups (broad SMARTS) is 1. The molecule has 2 atom stereocenters. The molecule has 2 aliphatic heterocycles. The van der Waals surface area contributed by atoms with Crippen molar-refractivity contribution in [1.29, 1.82) is 0 Å². The number of nitrogens with one attached hydrogen (secondary N) is 1. The van der Waals surface area contributed by atoms with Crippen molar-refractivity contribution in [3.63, 3.8) is 0 Å². The first-order valence-corrected chi connectivity index (χ1v) is 6.89. The number of benzene rings is 1. The van der Waals surface area contributed by atoms with Crippen molar-refractivity contribution in [2.45, 2.75) is 13.0 Å². The molecule has 0 bridgehead atoms. The Hall–Kier alpha value is -1.39. The molecule has 0 amide bonds. The van der Waals surface area contributed by atoms with E-state index in [0.717, 1.165) is 32.6 Å². The summed E-state index contributed by atoms with van der Waals surface area (Å²) in [5.74, 6) is -0.870. The van der Waals surface area contributed by atoms with Crippen molar-refractivity contribution < 1.29 is 9.90 Å². The van der Waals surface area contributed by atoms with Crippen molar-refractivity contribution in [2.24, 2.45) is 11.3 Å². The molecule has 1 spiro atoms. The zero-order chi connectivity index (χ0) is 13.3. The predicted octanol–water partition coefficient (Wildman–Crippen LogP) is 1.18. The maximum atomic E-state index is 11.5. The minimum atomic E-state index is -0.640. The molecule has 4 nitrogen and oxygen atoms in total. The molecule has 19 heavy (non-hydrogen) atoms. The predicted molar refractivity (Wildman–Crippen MR) is 72.8 cm³/mol. The van der Waals surface area contributed by atoms with Crippen LogP contribution in [0.2, 0.25) is 0 Å². The second kappa shape index (κ2) is 4.94. The van der Waals surface area contributed by atoms with Crippen LogP contribution in [0.5, 0.6) is 0 Å². The lowest BCUT2D eigenvalue weighted by atomic mass is 9.77. The number of aliphatic carboxylic acids is 1. The molecule has 2 heterocycles. The fourth-order valence-corrected chi connectivity index (χ4v) is 3.57. The van der Waals surface area contributed by atoms with Gasteiger partial charge in [0.15, 0.2) is 0 Å². The Balaban J connectivity index is 1.74. The Labute approximate surface area is 113 Å². The van der Waals surface area contributed by atoms with Gasteiger partial charge in [-0.05, 0) is 18.5 Å². The maximum Gasteiger partial charge on any atom is 0.308 e. The summed E-state index contributed by atoms with van der Waals surface area (Å²) >= 11 is 0. The SMILES string of the molecule is O=C(O)C1CN(Cc2ccccc2)CC12CCNC2. The van der Waals surface area contributed by atoms with Gasteiger partial charge in [-0.1, -0.05) is 30.3 Å². The molecule has 2 unspecified atom stereocenters. The third-order valence-corrected chi connectivity index (χ3v) is 4.54. The normalized spacial score (nSPS) is 31.1. The third kappa shape index (κ3) is 2.38. The Kier molecular flexibility index (Phi) is 3.29. The Bertz CT molecular complexity index is 454. The summed E-state index contributed by atoms with van der Waals surface area (Å²) in [6.45, 7) is 4.21. The van der Waals surface area contributed by atoms with Crippen molar-refractivity contribution in [1.82, 2.24) is 10.2 Å². The van der Waals surface area contributed by atoms with Crippen molar-refractivity contribution in [3.8, 4) is 0 Å². The van der Waals surface area contributed by atoms with E-state index in [9.17, 15) is 9.90 Å². The molecule has 1 aromatic carbocycles. The molecule has 0 aromatic heterocycles. The molecule has 0 aliphatic carbocycles. The second-order valence-corrected chi connectivity index (χ2v) is 5.84. The zero-order valence-corrected chi connectivity index (χ0v) is 11.0. The molecular weight excluding hydrogens is 240 g/mol. The van der Waals surface area contributed by atoms with Crippen LogP contribution in [0.1, 0.15) is 12.0 Å². The number of likely N-dealkylation sites (tertiary alicyclic amines) is 1. The highest BCUT2D eigenvalue weighted by Crippen LogP contribution is 2.41. The first kappa shape index (κ1) is 12.6. The fourth-order valence-electron chi connectivity index (χ4n) is 3.57. The number of hydrogen-bond donors (Lipinski definition) is 2. The average molecular weight is 260 g/mol. The average Bonchev–Trinajstić information content (AvgIpc) is 2.99. The first-order valence-electron chi connectivity index (χ1n) is 6.89. The van der Waals surface area contributed by atoms with Crippen LogP contribution in [0, 0.1) is 11.3 Å². The highest BCUT2D eigenvalue weighted by molar-refractivity contribution is 5.72. The summed E-state index contributed by atoms with van der Waals surface area (Å²) in [5.41, 5.74) is 1.20. The first-order chi connectivity index (χ1) is 9.20. The summed E-state index contributed by atoms with van der Waals surface area (Å²) in [6.07, 6.45) is 0.981. The van der Waals surface area contributed by atoms with Crippen molar-refractivity contribution in [2.75, 3.05) is 26.2 Å². The Morgan fingerprint density at radius 3 is 2.84 bits per heavy atom. The highest BCUT2D eigenvalue weighted by Gasteiger charge is 2.51. The van der Waals surface area contributed by atoms with Gasteiger partial charge in [0.05, 0.1) is 5.92 Å². The molecule has 1 aromatic rings. The molecule has 102 valence electrons. The van der Waals surface area contributed by atoms with Crippen LogP contribution in [0.25, 0.3) is 0 Å². The van der Waals surface area contributed by atoms with E-state index in [1.54, 1.807) is 0 Å². The van der Waals surface area contributed by atoms with E-state index >= 15 is 0 Å². The molecule has 4 heteroatoms. The molecule has 0 radical (unpaired) electrons. The Morgan fingerprint density at radius 2 is 2.21 bits per heavy atom. The van der Waals surface area contributed by atoms with Gasteiger partial charge in [0.1, 0.15) is 0 Å². The summed E-state index contributed by atoms with van der Waals surface area (Å²) in [4.78, 5) is 13.8. The third-order valence-electron chi connectivity index (χ3n) is 4.54. The molecule has 2 N–H and O–H groups in total. The second-order valence-electron chi connectivity index (χ2n) is 5.84. The minimum Gasteiger partial charge on any atom is -0.481 e. The van der Waals surface area contributed by atoms with Crippen LogP contribution in [-0.2, 0) is 11.3 Å². The summed E-state index contributed by atoms with van der Waals surface area (Å²) < 4.78 is 0. The lowest BCUT2D eigenvalue weighted by molar-refractivity contribution is -0.144. The van der Waals surface area contributed by atoms with Gasteiger partial charge in [-0.2, -0.15) is 0 Å². The van der Waals surface area contributed by atoms with Crippen LogP contribution in [-0.4, -0.2) is 42.2 Å². The molecule has 2 fully saturated rings. The number of hydrogen-bond acceptors (Lipinski definition) is 3. The van der Waals surface area contributed by atoms with E-state index < -0.39 is 5.97 Å². The minimum absolute atomic E-state index is 0.0549. The fraction of sp³-hybridized carbons (Fsp3) is 0.533. The van der Waals surface area contributed by atoms with Gasteiger partial charge in [-0.15, -0.1) is 0 Å². The van der Waals surface area contributed by atoms with E-state index in [4.69, 9.17) is 0 Å². The van der Waals surface area contributed by atoms with Crippen LogP contribution in [0.15, 0.2) is 30.3 Å². The standard InChI is InChI=1S/C15H20N2O2/c18-14(19)13-9-17(8-12-4-2-1-3-5-12)11-15(13)6-7-16-10-15/h1-5,13,16H,6-11H2,(H,18,19). The number of carboxylic acids is 1. The van der Waals surface area contributed by atoms with Crippen LogP contribution < -0.4 is 5.32 Å². The van der Waals surface area contributed by atoms with E-state index in [0.29, 0.717) is 6.54 Å². The van der Waals surface area contributed by atoms with Gasteiger partial charge in [-0.25, -0.2) is 0 Å². The molecule has 3 rings (SSSR count). The topological polar surface area (TPSA) is 52.6 Å². The Morgan fingerprint density at radius 1 is 1.42 bits per heavy atom. The summed E-state index contributed by atoms with van der Waals surface area (Å²) in [7, 11) is 0. The maximum absolute atomic E-state index is 11.5. The van der Waals surface area contributed by atoms with Crippen LogP contribution >= 0.6 is 0 Å². The summed E-state index contributed by atoms with van der Waals surface area (Å²) in [5, 5.41) is 12.8. The van der Waals surface area contributed by atoms with Gasteiger partial charge in [0.2, 0.25) is 0 Å². The lowest BCUT2D eigenvalue weighted by Crippen LogP contribution is -2.36. The number of carbonyl (C=O) groups is 1. The van der Waals surface area contributed by atoms with Crippen LogP contribution in [0.3, 0.4) is 0 Å². The van der Waals surface area contributed by atoms with E-state index in [1.807, 2.05) is 18.2 Å². The van der Waals surface area contributed by atoms with Crippen molar-refractivity contribution in [3.05, 3.63) is 35.9 Å². The van der Waals surface area contributed by atoms with E-state index in [-0.39, 0.29) is 11.3 Å². The quantitative estimate of drug-likeness (QED) is 0.857. The van der Waals surface area contributed by atoms with Crippen LogP contribution in [0.4, 0.5) is 0 Å². The van der Waals surface area contributed by atoms with Gasteiger partial charge in [0, 0.05) is 31.6 Å². The van der Waals surface area contributed by atoms with E-state index in [2.05, 4.69) is 22.3 Å². The molecular formula is C15H20N2O2. The smallest absolute Gasteiger partial charge is 0.308 e. The van der Waals surface area contributed by atoms with E-state index in [1.165, 1.54) is 5.56 Å². The molecule has 0 saturated carbocycles. The van der Waals surface area contributed by atoms with Gasteiger partial charge >= 0.3 is 5.97 Å². The number of nitrogens with zero attached hydrogens (tertiary/aromatic N) is 1.